The highest BCUT2D eigenvalue weighted by atomic mass is 32.1. The van der Waals surface area contributed by atoms with Crippen LogP contribution in [0.5, 0.6) is 0 Å². The van der Waals surface area contributed by atoms with Gasteiger partial charge in [0, 0.05) is 11.1 Å². The maximum absolute atomic E-state index is 12.6. The van der Waals surface area contributed by atoms with E-state index in [-0.39, 0.29) is 5.78 Å². The molecule has 0 unspecified atom stereocenters. The molecule has 0 N–H and O–H groups in total. The molecule has 1 aromatic heterocycles. The van der Waals surface area contributed by atoms with Crippen molar-refractivity contribution >= 4 is 39.4 Å². The quantitative estimate of drug-likeness (QED) is 0.523. The van der Waals surface area contributed by atoms with Crippen LogP contribution in [0, 0.1) is 0 Å². The number of ketones is 1. The Morgan fingerprint density at radius 1 is 1.18 bits per heavy atom. The lowest BCUT2D eigenvalue weighted by Gasteiger charge is -2.06. The molecule has 0 saturated carbocycles. The van der Waals surface area contributed by atoms with Gasteiger partial charge in [-0.2, -0.15) is 0 Å². The smallest absolute Gasteiger partial charge is 0.177 e. The second-order valence-electron chi connectivity index (χ2n) is 6.22. The van der Waals surface area contributed by atoms with E-state index in [1.807, 2.05) is 18.2 Å². The fourth-order valence-electron chi connectivity index (χ4n) is 3.36. The van der Waals surface area contributed by atoms with Crippen LogP contribution in [0.2, 0.25) is 13.1 Å². The summed E-state index contributed by atoms with van der Waals surface area (Å²) in [5, 5.41) is 1.17. The first kappa shape index (κ1) is 13.8. The number of carbonyl (C=O) groups excluding carboxylic acids is 1. The van der Waals surface area contributed by atoms with Crippen molar-refractivity contribution in [1.82, 2.24) is 0 Å². The summed E-state index contributed by atoms with van der Waals surface area (Å²) in [5.41, 5.74) is 4.06. The van der Waals surface area contributed by atoms with E-state index in [1.54, 1.807) is 11.3 Å². The summed E-state index contributed by atoms with van der Waals surface area (Å²) in [5.74, 6) is 0.229. The third-order valence-electron chi connectivity index (χ3n) is 4.65. The lowest BCUT2D eigenvalue weighted by Crippen LogP contribution is -2.23. The molecule has 108 valence electrons. The minimum Gasteiger partial charge on any atom is -0.293 e. The zero-order chi connectivity index (χ0) is 15.1. The number of aryl methyl sites for hydroxylation is 1. The molecule has 2 aromatic carbocycles. The van der Waals surface area contributed by atoms with Gasteiger partial charge < -0.3 is 0 Å². The molecule has 1 aliphatic rings. The number of Topliss-reactive ketones (excluding diaryl/α,β-unsaturated/α-hetero) is 1. The van der Waals surface area contributed by atoms with Crippen LogP contribution in [-0.2, 0) is 12.8 Å². The largest absolute Gasteiger partial charge is 0.293 e. The van der Waals surface area contributed by atoms with Crippen LogP contribution in [0.15, 0.2) is 48.5 Å². The zero-order valence-corrected chi connectivity index (χ0v) is 13.5. The maximum Gasteiger partial charge on any atom is 0.177 e. The Labute approximate surface area is 135 Å². The Balaban J connectivity index is 1.60. The topological polar surface area (TPSA) is 17.1 Å². The Bertz CT molecular complexity index is 832. The van der Waals surface area contributed by atoms with Crippen LogP contribution < -0.4 is 5.46 Å². The van der Waals surface area contributed by atoms with Gasteiger partial charge >= 0.3 is 0 Å². The second kappa shape index (κ2) is 5.40. The molecule has 0 aliphatic carbocycles. The Morgan fingerprint density at radius 2 is 2.05 bits per heavy atom. The summed E-state index contributed by atoms with van der Waals surface area (Å²) in [6.45, 7) is 2.91. The molecule has 22 heavy (non-hydrogen) atoms. The Morgan fingerprint density at radius 3 is 2.91 bits per heavy atom. The molecular weight excluding hydrogens is 287 g/mol. The van der Waals surface area contributed by atoms with E-state index in [2.05, 4.69) is 37.2 Å². The number of fused-ring (bicyclic) bond motifs is 2. The van der Waals surface area contributed by atoms with Gasteiger partial charge in [-0.05, 0) is 29.5 Å². The lowest BCUT2D eigenvalue weighted by atomic mass is 9.48. The molecule has 1 nitrogen and oxygen atoms in total. The molecule has 3 heteroatoms. The predicted octanol–water partition coefficient (Wildman–Crippen LogP) is 4.21. The van der Waals surface area contributed by atoms with Crippen LogP contribution >= 0.6 is 11.3 Å². The van der Waals surface area contributed by atoms with Crippen molar-refractivity contribution in [3.05, 3.63) is 64.5 Å². The van der Waals surface area contributed by atoms with Crippen LogP contribution in [0.4, 0.5) is 0 Å². The maximum atomic E-state index is 12.6. The average molecular weight is 304 g/mol. The van der Waals surface area contributed by atoms with E-state index >= 15 is 0 Å². The Hall–Kier alpha value is -1.87. The molecule has 4 rings (SSSR count). The second-order valence-corrected chi connectivity index (χ2v) is 7.31. The van der Waals surface area contributed by atoms with Crippen molar-refractivity contribution in [3.8, 4) is 0 Å². The summed E-state index contributed by atoms with van der Waals surface area (Å²) in [6.07, 6.45) is 2.93. The van der Waals surface area contributed by atoms with Crippen LogP contribution in [0.25, 0.3) is 10.1 Å². The molecule has 0 spiro atoms. The van der Waals surface area contributed by atoms with Gasteiger partial charge in [-0.15, -0.1) is 11.3 Å². The van der Waals surface area contributed by atoms with Gasteiger partial charge in [0.2, 0.25) is 0 Å². The minimum absolute atomic E-state index is 0.229. The average Bonchev–Trinajstić information content (AvgIpc) is 3.11. The molecule has 0 amide bonds. The van der Waals surface area contributed by atoms with Gasteiger partial charge in [0.1, 0.15) is 0 Å². The fraction of sp³-hybridized carbons (Fsp3) is 0.211. The third-order valence-corrected chi connectivity index (χ3v) is 5.81. The van der Waals surface area contributed by atoms with Gasteiger partial charge in [-0.3, -0.25) is 4.79 Å². The standard InChI is InChI=1S/C19H17BOS/c1-20-9-8-14-7-6-13(10-16(14)20)11-17(21)19-12-15-4-2-3-5-18(15)22-19/h2-7,10,12H,8-9,11H2,1H3. The van der Waals surface area contributed by atoms with Crippen LogP contribution in [0.3, 0.4) is 0 Å². The predicted molar refractivity (Wildman–Crippen MR) is 96.1 cm³/mol. The van der Waals surface area contributed by atoms with Crippen molar-refractivity contribution in [3.63, 3.8) is 0 Å². The number of rotatable bonds is 3. The number of carbonyl (C=O) groups is 1. The monoisotopic (exact) mass is 304 g/mol. The van der Waals surface area contributed by atoms with Crippen LogP contribution in [0.1, 0.15) is 20.8 Å². The number of hydrogen-bond donors (Lipinski definition) is 0. The van der Waals surface area contributed by atoms with Crippen molar-refractivity contribution in [1.29, 1.82) is 0 Å². The fourth-order valence-corrected chi connectivity index (χ4v) is 4.36. The van der Waals surface area contributed by atoms with E-state index in [1.165, 1.54) is 33.9 Å². The molecular formula is C19H17BOS. The first-order valence-electron chi connectivity index (χ1n) is 7.84. The normalized spacial score (nSPS) is 13.6. The molecule has 0 saturated heterocycles. The minimum atomic E-state index is 0.229. The molecule has 0 atom stereocenters. The first-order chi connectivity index (χ1) is 10.7. The molecule has 0 fully saturated rings. The third kappa shape index (κ3) is 2.40. The summed E-state index contributed by atoms with van der Waals surface area (Å²) in [7, 11) is 0. The summed E-state index contributed by atoms with van der Waals surface area (Å²) in [4.78, 5) is 13.4. The van der Waals surface area contributed by atoms with Gasteiger partial charge in [-0.1, -0.05) is 60.6 Å². The number of benzene rings is 2. The summed E-state index contributed by atoms with van der Waals surface area (Å²) >= 11 is 1.60. The molecule has 2 heterocycles. The highest BCUT2D eigenvalue weighted by molar-refractivity contribution is 7.20. The van der Waals surface area contributed by atoms with E-state index in [4.69, 9.17) is 0 Å². The summed E-state index contributed by atoms with van der Waals surface area (Å²) < 4.78 is 1.19. The summed E-state index contributed by atoms with van der Waals surface area (Å²) in [6, 6.07) is 16.8. The van der Waals surface area contributed by atoms with Gasteiger partial charge in [-0.25, -0.2) is 0 Å². The van der Waals surface area contributed by atoms with E-state index in [0.717, 1.165) is 10.4 Å². The van der Waals surface area contributed by atoms with Crippen molar-refractivity contribution in [2.75, 3.05) is 0 Å². The van der Waals surface area contributed by atoms with E-state index in [0.29, 0.717) is 13.1 Å². The van der Waals surface area contributed by atoms with Crippen molar-refractivity contribution in [2.45, 2.75) is 26.0 Å². The van der Waals surface area contributed by atoms with Crippen LogP contribution in [-0.4, -0.2) is 12.5 Å². The zero-order valence-electron chi connectivity index (χ0n) is 12.6. The number of thiophene rings is 1. The Kier molecular flexibility index (Phi) is 3.38. The SMILES string of the molecule is CB1CCc2ccc(CC(=O)c3cc4ccccc4s3)cc21. The van der Waals surface area contributed by atoms with Gasteiger partial charge in [0.05, 0.1) is 4.88 Å². The number of hydrogen-bond acceptors (Lipinski definition) is 2. The molecule has 1 aliphatic heterocycles. The molecule has 3 aromatic rings. The van der Waals surface area contributed by atoms with Crippen molar-refractivity contribution in [2.24, 2.45) is 0 Å². The van der Waals surface area contributed by atoms with Crippen molar-refractivity contribution < 1.29 is 4.79 Å². The molecule has 0 bridgehead atoms. The highest BCUT2D eigenvalue weighted by Crippen LogP contribution is 2.26. The van der Waals surface area contributed by atoms with Gasteiger partial charge in [0.15, 0.2) is 12.5 Å². The van der Waals surface area contributed by atoms with E-state index < -0.39 is 0 Å². The van der Waals surface area contributed by atoms with Gasteiger partial charge in [0.25, 0.3) is 0 Å². The lowest BCUT2D eigenvalue weighted by molar-refractivity contribution is 0.0997. The van der Waals surface area contributed by atoms with E-state index in [9.17, 15) is 4.79 Å². The molecule has 0 radical (unpaired) electrons. The highest BCUT2D eigenvalue weighted by Gasteiger charge is 2.22. The first-order valence-corrected chi connectivity index (χ1v) is 8.66.